The maximum Gasteiger partial charge on any atom is 0.0245 e. The maximum absolute atomic E-state index is 2.56. The van der Waals surface area contributed by atoms with Gasteiger partial charge in [0.25, 0.3) is 0 Å². The Hall–Kier alpha value is -0.860. The minimum Gasteiger partial charge on any atom is -0.309 e. The van der Waals surface area contributed by atoms with Crippen LogP contribution in [0.25, 0.3) is 0 Å². The van der Waals surface area contributed by atoms with Crippen LogP contribution in [-0.2, 0) is 19.5 Å². The lowest BCUT2D eigenvalue weighted by Crippen LogP contribution is -2.36. The first-order valence-electron chi connectivity index (χ1n) is 7.37. The highest BCUT2D eigenvalue weighted by molar-refractivity contribution is 5.35. The molecule has 19 heavy (non-hydrogen) atoms. The lowest BCUT2D eigenvalue weighted by atomic mass is 10.0. The van der Waals surface area contributed by atoms with Gasteiger partial charge >= 0.3 is 0 Å². The largest absolute Gasteiger partial charge is 0.309 e. The van der Waals surface area contributed by atoms with Crippen LogP contribution < -0.4 is 0 Å². The molecule has 1 aliphatic rings. The molecule has 0 aromatic heterocycles. The molecule has 0 fully saturated rings. The summed E-state index contributed by atoms with van der Waals surface area (Å²) in [5.74, 6) is 0. The minimum absolute atomic E-state index is 0.268. The third-order valence-corrected chi connectivity index (χ3v) is 4.01. The van der Waals surface area contributed by atoms with Gasteiger partial charge in [0.15, 0.2) is 0 Å². The number of benzene rings is 1. The van der Waals surface area contributed by atoms with E-state index in [1.54, 1.807) is 0 Å². The van der Waals surface area contributed by atoms with Gasteiger partial charge in [-0.3, -0.25) is 4.90 Å². The van der Waals surface area contributed by atoms with Gasteiger partial charge in [0.05, 0.1) is 0 Å². The summed E-state index contributed by atoms with van der Waals surface area (Å²) in [5.41, 5.74) is 4.82. The van der Waals surface area contributed by atoms with Crippen LogP contribution in [0.4, 0.5) is 0 Å². The second-order valence-corrected chi connectivity index (χ2v) is 7.04. The van der Waals surface area contributed by atoms with Crippen LogP contribution in [0.3, 0.4) is 0 Å². The molecule has 1 aromatic carbocycles. The summed E-state index contributed by atoms with van der Waals surface area (Å²) in [7, 11) is 4.29. The van der Waals surface area contributed by atoms with Crippen molar-refractivity contribution >= 4 is 0 Å². The first-order valence-corrected chi connectivity index (χ1v) is 7.37. The van der Waals surface area contributed by atoms with E-state index < -0.39 is 0 Å². The summed E-state index contributed by atoms with van der Waals surface area (Å²) in [4.78, 5) is 4.82. The van der Waals surface area contributed by atoms with Crippen molar-refractivity contribution < 1.29 is 0 Å². The van der Waals surface area contributed by atoms with Gasteiger partial charge in [-0.1, -0.05) is 18.2 Å². The molecule has 106 valence electrons. The Balaban J connectivity index is 1.99. The number of nitrogens with zero attached hydrogens (tertiary/aromatic N) is 2. The van der Waals surface area contributed by atoms with Crippen molar-refractivity contribution in [3.05, 3.63) is 34.9 Å². The van der Waals surface area contributed by atoms with Gasteiger partial charge in [-0.05, 0) is 70.9 Å². The van der Waals surface area contributed by atoms with Crippen molar-refractivity contribution in [2.45, 2.75) is 52.2 Å². The first kappa shape index (κ1) is 14.5. The smallest absolute Gasteiger partial charge is 0.0245 e. The number of fused-ring (bicyclic) bond motifs is 1. The van der Waals surface area contributed by atoms with E-state index in [0.29, 0.717) is 0 Å². The Morgan fingerprint density at radius 1 is 1.11 bits per heavy atom. The molecule has 1 aromatic rings. The monoisotopic (exact) mass is 260 g/mol. The van der Waals surface area contributed by atoms with Gasteiger partial charge in [-0.25, -0.2) is 0 Å². The molecule has 0 N–H and O–H groups in total. The highest BCUT2D eigenvalue weighted by Crippen LogP contribution is 2.29. The van der Waals surface area contributed by atoms with Gasteiger partial charge in [0.1, 0.15) is 0 Å². The molecule has 1 heterocycles. The second-order valence-electron chi connectivity index (χ2n) is 7.04. The van der Waals surface area contributed by atoms with Gasteiger partial charge in [-0.2, -0.15) is 0 Å². The zero-order chi connectivity index (χ0) is 14.0. The minimum atomic E-state index is 0.268. The van der Waals surface area contributed by atoms with E-state index in [1.807, 2.05) is 0 Å². The maximum atomic E-state index is 2.56. The molecule has 0 saturated carbocycles. The lowest BCUT2D eigenvalue weighted by molar-refractivity contribution is 0.136. The Labute approximate surface area is 118 Å². The van der Waals surface area contributed by atoms with Crippen LogP contribution in [-0.4, -0.2) is 36.0 Å². The molecule has 2 heteroatoms. The highest BCUT2D eigenvalue weighted by Gasteiger charge is 2.27. The number of rotatable bonds is 4. The van der Waals surface area contributed by atoms with E-state index >= 15 is 0 Å². The van der Waals surface area contributed by atoms with Crippen molar-refractivity contribution in [1.82, 2.24) is 9.80 Å². The molecule has 0 saturated heterocycles. The van der Waals surface area contributed by atoms with Crippen molar-refractivity contribution in [1.29, 1.82) is 0 Å². The fourth-order valence-corrected chi connectivity index (χ4v) is 2.68. The lowest BCUT2D eigenvalue weighted by Gasteiger charge is -2.31. The summed E-state index contributed by atoms with van der Waals surface area (Å²) >= 11 is 0. The van der Waals surface area contributed by atoms with E-state index in [-0.39, 0.29) is 5.54 Å². The molecule has 2 rings (SSSR count). The van der Waals surface area contributed by atoms with E-state index in [2.05, 4.69) is 62.9 Å². The summed E-state index contributed by atoms with van der Waals surface area (Å²) in [6.07, 6.45) is 2.44. The van der Waals surface area contributed by atoms with Gasteiger partial charge < -0.3 is 4.90 Å². The average molecular weight is 260 g/mol. The molecule has 0 aliphatic carbocycles. The van der Waals surface area contributed by atoms with Gasteiger partial charge in [0, 0.05) is 18.6 Å². The van der Waals surface area contributed by atoms with E-state index in [4.69, 9.17) is 0 Å². The molecule has 0 bridgehead atoms. The van der Waals surface area contributed by atoms with Crippen molar-refractivity contribution in [2.75, 3.05) is 20.6 Å². The Bertz CT molecular complexity index is 429. The molecular formula is C17H28N2. The predicted molar refractivity (Wildman–Crippen MR) is 82.3 cm³/mol. The number of hydrogen-bond donors (Lipinski definition) is 0. The summed E-state index contributed by atoms with van der Waals surface area (Å²) in [6, 6.07) is 7.09. The van der Waals surface area contributed by atoms with Crippen LogP contribution >= 0.6 is 0 Å². The normalized spacial score (nSPS) is 16.1. The average Bonchev–Trinajstić information content (AvgIpc) is 2.71. The molecule has 2 nitrogen and oxygen atoms in total. The van der Waals surface area contributed by atoms with E-state index in [9.17, 15) is 0 Å². The van der Waals surface area contributed by atoms with Crippen molar-refractivity contribution in [2.24, 2.45) is 0 Å². The van der Waals surface area contributed by atoms with Crippen LogP contribution in [0.15, 0.2) is 18.2 Å². The predicted octanol–water partition coefficient (Wildman–Crippen LogP) is 3.29. The van der Waals surface area contributed by atoms with Crippen molar-refractivity contribution in [3.8, 4) is 0 Å². The van der Waals surface area contributed by atoms with E-state index in [0.717, 1.165) is 13.1 Å². The zero-order valence-electron chi connectivity index (χ0n) is 13.2. The van der Waals surface area contributed by atoms with Gasteiger partial charge in [-0.15, -0.1) is 0 Å². The number of hydrogen-bond acceptors (Lipinski definition) is 2. The van der Waals surface area contributed by atoms with E-state index in [1.165, 1.54) is 36.1 Å². The topological polar surface area (TPSA) is 6.48 Å². The zero-order valence-corrected chi connectivity index (χ0v) is 13.2. The standard InChI is InChI=1S/C17H28N2/c1-17(2,3)19-12-15-9-8-14(11-16(15)13-19)7-6-10-18(4)5/h8-9,11H,6-7,10,12-13H2,1-5H3. The number of aryl methyl sites for hydroxylation is 1. The fraction of sp³-hybridized carbons (Fsp3) is 0.647. The SMILES string of the molecule is CN(C)CCCc1ccc2c(c1)CN(C(C)(C)C)C2. The molecule has 0 radical (unpaired) electrons. The second kappa shape index (κ2) is 5.64. The summed E-state index contributed by atoms with van der Waals surface area (Å²) in [5, 5.41) is 0. The fourth-order valence-electron chi connectivity index (χ4n) is 2.68. The molecule has 0 atom stereocenters. The summed E-state index contributed by atoms with van der Waals surface area (Å²) < 4.78 is 0. The third-order valence-electron chi connectivity index (χ3n) is 4.01. The molecule has 0 amide bonds. The van der Waals surface area contributed by atoms with Crippen LogP contribution in [0.2, 0.25) is 0 Å². The van der Waals surface area contributed by atoms with Crippen LogP contribution in [0.5, 0.6) is 0 Å². The molecular weight excluding hydrogens is 232 g/mol. The molecule has 0 unspecified atom stereocenters. The Morgan fingerprint density at radius 2 is 1.79 bits per heavy atom. The van der Waals surface area contributed by atoms with Crippen LogP contribution in [0.1, 0.15) is 43.9 Å². The molecule has 0 spiro atoms. The van der Waals surface area contributed by atoms with Crippen LogP contribution in [0, 0.1) is 0 Å². The van der Waals surface area contributed by atoms with Crippen molar-refractivity contribution in [3.63, 3.8) is 0 Å². The van der Waals surface area contributed by atoms with Gasteiger partial charge in [0.2, 0.25) is 0 Å². The Kier molecular flexibility index (Phi) is 4.32. The Morgan fingerprint density at radius 3 is 2.42 bits per heavy atom. The molecule has 1 aliphatic heterocycles. The summed E-state index contributed by atoms with van der Waals surface area (Å²) in [6.45, 7) is 10.3. The first-order chi connectivity index (χ1) is 8.86. The quantitative estimate of drug-likeness (QED) is 0.819. The highest BCUT2D eigenvalue weighted by atomic mass is 15.2. The third kappa shape index (κ3) is 3.80.